The van der Waals surface area contributed by atoms with Gasteiger partial charge in [-0.05, 0) is 25.8 Å². The second-order valence-electron chi connectivity index (χ2n) is 4.51. The van der Waals surface area contributed by atoms with E-state index >= 15 is 0 Å². The van der Waals surface area contributed by atoms with Gasteiger partial charge in [-0.25, -0.2) is 0 Å². The lowest BCUT2D eigenvalue weighted by atomic mass is 10.00. The van der Waals surface area contributed by atoms with Gasteiger partial charge in [-0.1, -0.05) is 13.3 Å². The van der Waals surface area contributed by atoms with Crippen molar-refractivity contribution < 1.29 is 14.7 Å². The Morgan fingerprint density at radius 2 is 2.18 bits per heavy atom. The van der Waals surface area contributed by atoms with E-state index in [1.54, 1.807) is 0 Å². The maximum atomic E-state index is 11.4. The molecule has 0 radical (unpaired) electrons. The molecular weight excluding hydrogens is 220 g/mol. The van der Waals surface area contributed by atoms with E-state index in [2.05, 4.69) is 17.1 Å². The average Bonchev–Trinajstić information content (AvgIpc) is 2.34. The van der Waals surface area contributed by atoms with Gasteiger partial charge in [-0.2, -0.15) is 0 Å². The SMILES string of the molecule is CCC1CCCCN1CCC(=O)NCC(=O)O. The third-order valence-corrected chi connectivity index (χ3v) is 3.28. The molecule has 1 atom stereocenters. The Morgan fingerprint density at radius 1 is 1.41 bits per heavy atom. The molecule has 1 aliphatic rings. The summed E-state index contributed by atoms with van der Waals surface area (Å²) in [5.74, 6) is -1.17. The van der Waals surface area contributed by atoms with Gasteiger partial charge in [0.2, 0.25) is 5.91 Å². The van der Waals surface area contributed by atoms with E-state index < -0.39 is 5.97 Å². The fourth-order valence-electron chi connectivity index (χ4n) is 2.32. The van der Waals surface area contributed by atoms with Gasteiger partial charge < -0.3 is 10.4 Å². The number of piperidine rings is 1. The zero-order valence-electron chi connectivity index (χ0n) is 10.4. The Hall–Kier alpha value is -1.10. The minimum Gasteiger partial charge on any atom is -0.480 e. The normalized spacial score (nSPS) is 21.1. The molecule has 0 aromatic carbocycles. The van der Waals surface area contributed by atoms with Gasteiger partial charge >= 0.3 is 5.97 Å². The molecule has 0 aliphatic carbocycles. The molecule has 1 rings (SSSR count). The van der Waals surface area contributed by atoms with Crippen molar-refractivity contribution in [2.24, 2.45) is 0 Å². The van der Waals surface area contributed by atoms with E-state index in [-0.39, 0.29) is 12.5 Å². The molecule has 5 heteroatoms. The number of rotatable bonds is 6. The van der Waals surface area contributed by atoms with Gasteiger partial charge in [0.1, 0.15) is 6.54 Å². The van der Waals surface area contributed by atoms with E-state index in [1.165, 1.54) is 19.3 Å². The van der Waals surface area contributed by atoms with E-state index in [9.17, 15) is 9.59 Å². The van der Waals surface area contributed by atoms with Crippen molar-refractivity contribution in [3.8, 4) is 0 Å². The van der Waals surface area contributed by atoms with Crippen LogP contribution in [0.1, 0.15) is 39.0 Å². The standard InChI is InChI=1S/C12H22N2O3/c1-2-10-5-3-4-7-14(10)8-6-11(15)13-9-12(16)17/h10H,2-9H2,1H3,(H,13,15)(H,16,17). The van der Waals surface area contributed by atoms with Gasteiger partial charge in [0.15, 0.2) is 0 Å². The van der Waals surface area contributed by atoms with Crippen molar-refractivity contribution >= 4 is 11.9 Å². The van der Waals surface area contributed by atoms with E-state index in [0.29, 0.717) is 12.5 Å². The number of nitrogens with one attached hydrogen (secondary N) is 1. The Labute approximate surface area is 102 Å². The molecule has 1 saturated heterocycles. The molecular formula is C12H22N2O3. The molecule has 0 aromatic rings. The van der Waals surface area contributed by atoms with Crippen LogP contribution in [0.5, 0.6) is 0 Å². The van der Waals surface area contributed by atoms with Crippen molar-refractivity contribution in [3.05, 3.63) is 0 Å². The number of hydrogen-bond donors (Lipinski definition) is 2. The largest absolute Gasteiger partial charge is 0.480 e. The number of carbonyl (C=O) groups is 2. The summed E-state index contributed by atoms with van der Waals surface area (Å²) in [6.07, 6.45) is 5.21. The summed E-state index contributed by atoms with van der Waals surface area (Å²) in [5, 5.41) is 10.8. The molecule has 0 spiro atoms. The topological polar surface area (TPSA) is 69.6 Å². The van der Waals surface area contributed by atoms with Crippen LogP contribution in [0.4, 0.5) is 0 Å². The van der Waals surface area contributed by atoms with Crippen LogP contribution in [0.25, 0.3) is 0 Å². The van der Waals surface area contributed by atoms with Gasteiger partial charge in [-0.3, -0.25) is 14.5 Å². The molecule has 5 nitrogen and oxygen atoms in total. The Balaban J connectivity index is 2.23. The minimum atomic E-state index is -0.997. The monoisotopic (exact) mass is 242 g/mol. The van der Waals surface area contributed by atoms with Crippen molar-refractivity contribution in [1.82, 2.24) is 10.2 Å². The second kappa shape index (κ2) is 7.27. The second-order valence-corrected chi connectivity index (χ2v) is 4.51. The number of nitrogens with zero attached hydrogens (tertiary/aromatic N) is 1. The van der Waals surface area contributed by atoms with E-state index in [1.807, 2.05) is 0 Å². The van der Waals surface area contributed by atoms with Crippen molar-refractivity contribution in [2.75, 3.05) is 19.6 Å². The summed E-state index contributed by atoms with van der Waals surface area (Å²) >= 11 is 0. The van der Waals surface area contributed by atoms with Crippen LogP contribution >= 0.6 is 0 Å². The Kier molecular flexibility index (Phi) is 5.97. The van der Waals surface area contributed by atoms with Crippen LogP contribution in [-0.2, 0) is 9.59 Å². The van der Waals surface area contributed by atoms with Crippen molar-refractivity contribution in [2.45, 2.75) is 45.1 Å². The summed E-state index contributed by atoms with van der Waals surface area (Å²) < 4.78 is 0. The predicted molar refractivity (Wildman–Crippen MR) is 64.8 cm³/mol. The van der Waals surface area contributed by atoms with Gasteiger partial charge in [0, 0.05) is 19.0 Å². The van der Waals surface area contributed by atoms with Crippen LogP contribution in [0.15, 0.2) is 0 Å². The number of hydrogen-bond acceptors (Lipinski definition) is 3. The molecule has 1 fully saturated rings. The third-order valence-electron chi connectivity index (χ3n) is 3.28. The first-order valence-electron chi connectivity index (χ1n) is 6.36. The quantitative estimate of drug-likeness (QED) is 0.724. The summed E-state index contributed by atoms with van der Waals surface area (Å²) in [6.45, 7) is 3.69. The fraction of sp³-hybridized carbons (Fsp3) is 0.833. The Morgan fingerprint density at radius 3 is 2.82 bits per heavy atom. The summed E-state index contributed by atoms with van der Waals surface area (Å²) in [5.41, 5.74) is 0. The molecule has 98 valence electrons. The van der Waals surface area contributed by atoms with Crippen LogP contribution in [0.3, 0.4) is 0 Å². The molecule has 1 unspecified atom stereocenters. The lowest BCUT2D eigenvalue weighted by molar-refractivity contribution is -0.138. The fourth-order valence-corrected chi connectivity index (χ4v) is 2.32. The number of carboxylic acid groups (broad SMARTS) is 1. The molecule has 1 heterocycles. The number of aliphatic carboxylic acids is 1. The van der Waals surface area contributed by atoms with Crippen molar-refractivity contribution in [1.29, 1.82) is 0 Å². The first kappa shape index (κ1) is 14.0. The lowest BCUT2D eigenvalue weighted by Gasteiger charge is -2.34. The number of amides is 1. The van der Waals surface area contributed by atoms with Gasteiger partial charge in [0.25, 0.3) is 0 Å². The molecule has 1 amide bonds. The van der Waals surface area contributed by atoms with Gasteiger partial charge in [-0.15, -0.1) is 0 Å². The highest BCUT2D eigenvalue weighted by atomic mass is 16.4. The van der Waals surface area contributed by atoms with Crippen molar-refractivity contribution in [3.63, 3.8) is 0 Å². The zero-order valence-corrected chi connectivity index (χ0v) is 10.4. The smallest absolute Gasteiger partial charge is 0.322 e. The number of carbonyl (C=O) groups excluding carboxylic acids is 1. The lowest BCUT2D eigenvalue weighted by Crippen LogP contribution is -2.41. The van der Waals surface area contributed by atoms with Gasteiger partial charge in [0.05, 0.1) is 0 Å². The maximum absolute atomic E-state index is 11.4. The first-order chi connectivity index (χ1) is 8.13. The highest BCUT2D eigenvalue weighted by Crippen LogP contribution is 2.19. The number of likely N-dealkylation sites (tertiary alicyclic amines) is 1. The van der Waals surface area contributed by atoms with E-state index in [4.69, 9.17) is 5.11 Å². The summed E-state index contributed by atoms with van der Waals surface area (Å²) in [4.78, 5) is 24.0. The summed E-state index contributed by atoms with van der Waals surface area (Å²) in [7, 11) is 0. The van der Waals surface area contributed by atoms with E-state index in [0.717, 1.165) is 19.5 Å². The zero-order chi connectivity index (χ0) is 12.7. The molecule has 0 bridgehead atoms. The molecule has 0 aromatic heterocycles. The molecule has 2 N–H and O–H groups in total. The maximum Gasteiger partial charge on any atom is 0.322 e. The highest BCUT2D eigenvalue weighted by molar-refractivity contribution is 5.81. The predicted octanol–water partition coefficient (Wildman–Crippen LogP) is 0.842. The van der Waals surface area contributed by atoms with Crippen LogP contribution < -0.4 is 5.32 Å². The van der Waals surface area contributed by atoms with Crippen LogP contribution in [-0.4, -0.2) is 47.6 Å². The van der Waals surface area contributed by atoms with Crippen LogP contribution in [0, 0.1) is 0 Å². The third kappa shape index (κ3) is 5.17. The highest BCUT2D eigenvalue weighted by Gasteiger charge is 2.20. The van der Waals surface area contributed by atoms with Crippen LogP contribution in [0.2, 0.25) is 0 Å². The number of carboxylic acids is 1. The Bertz CT molecular complexity index is 268. The molecule has 1 aliphatic heterocycles. The summed E-state index contributed by atoms with van der Waals surface area (Å²) in [6, 6.07) is 0.594. The first-order valence-corrected chi connectivity index (χ1v) is 6.36. The molecule has 0 saturated carbocycles. The average molecular weight is 242 g/mol. The molecule has 17 heavy (non-hydrogen) atoms. The minimum absolute atomic E-state index is 0.173.